The molecule has 2 rings (SSSR count). The smallest absolute Gasteiger partial charge is 0.271 e. The maximum absolute atomic E-state index is 13.6. The molecule has 37 heavy (non-hydrogen) atoms. The fourth-order valence-electron chi connectivity index (χ4n) is 3.50. The number of nitrogens with one attached hydrogen (secondary N) is 1. The van der Waals surface area contributed by atoms with Crippen LogP contribution in [0, 0.1) is 10.1 Å². The van der Waals surface area contributed by atoms with Gasteiger partial charge in [0, 0.05) is 24.7 Å². The number of methoxy groups -OCH3 is 2. The number of ether oxygens (including phenoxy) is 2. The van der Waals surface area contributed by atoms with Crippen molar-refractivity contribution in [3.63, 3.8) is 0 Å². The van der Waals surface area contributed by atoms with Crippen LogP contribution >= 0.6 is 0 Å². The van der Waals surface area contributed by atoms with Gasteiger partial charge in [0.1, 0.15) is 29.8 Å². The van der Waals surface area contributed by atoms with Gasteiger partial charge in [0.15, 0.2) is 0 Å². The molecule has 0 saturated carbocycles. The molecule has 0 aliphatic rings. The second-order valence-corrected chi connectivity index (χ2v) is 10.5. The van der Waals surface area contributed by atoms with Crippen molar-refractivity contribution >= 4 is 33.2 Å². The molecule has 2 aromatic carbocycles. The largest absolute Gasteiger partial charge is 0.497 e. The van der Waals surface area contributed by atoms with Gasteiger partial charge in [0.2, 0.25) is 21.8 Å². The van der Waals surface area contributed by atoms with Crippen LogP contribution < -0.4 is 19.1 Å². The molecular weight excluding hydrogens is 504 g/mol. The summed E-state index contributed by atoms with van der Waals surface area (Å²) in [6.07, 6.45) is 0.876. The highest BCUT2D eigenvalue weighted by Crippen LogP contribution is 2.34. The molecule has 0 spiro atoms. The van der Waals surface area contributed by atoms with Gasteiger partial charge in [-0.3, -0.25) is 24.0 Å². The van der Waals surface area contributed by atoms with E-state index < -0.39 is 39.3 Å². The fourth-order valence-corrected chi connectivity index (χ4v) is 4.34. The Morgan fingerprint density at radius 3 is 2.16 bits per heavy atom. The van der Waals surface area contributed by atoms with Crippen molar-refractivity contribution in [3.8, 4) is 11.5 Å². The van der Waals surface area contributed by atoms with Gasteiger partial charge >= 0.3 is 0 Å². The summed E-state index contributed by atoms with van der Waals surface area (Å²) < 4.78 is 36.6. The Hall–Kier alpha value is -3.87. The molecule has 1 N–H and O–H groups in total. The molecule has 0 unspecified atom stereocenters. The first-order chi connectivity index (χ1) is 17.3. The second-order valence-electron chi connectivity index (χ2n) is 8.59. The van der Waals surface area contributed by atoms with Crippen molar-refractivity contribution in [3.05, 3.63) is 58.1 Å². The number of nitro groups is 1. The molecule has 12 nitrogen and oxygen atoms in total. The zero-order chi connectivity index (χ0) is 27.9. The molecule has 13 heteroatoms. The minimum absolute atomic E-state index is 0.000810. The third-order valence-corrected chi connectivity index (χ3v) is 6.56. The summed E-state index contributed by atoms with van der Waals surface area (Å²) >= 11 is 0. The van der Waals surface area contributed by atoms with Crippen LogP contribution in [0.4, 0.5) is 11.4 Å². The van der Waals surface area contributed by atoms with E-state index in [4.69, 9.17) is 9.47 Å². The maximum atomic E-state index is 13.6. The number of carbonyl (C=O) groups is 2. The van der Waals surface area contributed by atoms with Crippen molar-refractivity contribution in [1.82, 2.24) is 10.2 Å². The first-order valence-corrected chi connectivity index (χ1v) is 13.2. The second kappa shape index (κ2) is 12.4. The summed E-state index contributed by atoms with van der Waals surface area (Å²) in [6.45, 7) is 4.38. The Morgan fingerprint density at radius 1 is 1.05 bits per heavy atom. The van der Waals surface area contributed by atoms with Crippen LogP contribution in [0.5, 0.6) is 11.5 Å². The van der Waals surface area contributed by atoms with Crippen LogP contribution in [0.15, 0.2) is 42.5 Å². The summed E-state index contributed by atoms with van der Waals surface area (Å²) in [5.41, 5.74) is 0.130. The van der Waals surface area contributed by atoms with Crippen LogP contribution in [0.3, 0.4) is 0 Å². The number of hydrogen-bond donors (Lipinski definition) is 1. The molecule has 202 valence electrons. The molecule has 0 aliphatic heterocycles. The molecular formula is C24H32N4O8S. The molecule has 0 bridgehead atoms. The number of carbonyl (C=O) groups excluding carboxylic acids is 2. The summed E-state index contributed by atoms with van der Waals surface area (Å²) in [5, 5.41) is 14.1. The average molecular weight is 537 g/mol. The van der Waals surface area contributed by atoms with E-state index in [1.54, 1.807) is 38.1 Å². The first kappa shape index (κ1) is 29.4. The Bertz CT molecular complexity index is 1230. The maximum Gasteiger partial charge on any atom is 0.271 e. The van der Waals surface area contributed by atoms with Crippen molar-refractivity contribution in [1.29, 1.82) is 0 Å². The van der Waals surface area contributed by atoms with Gasteiger partial charge < -0.3 is 19.7 Å². The van der Waals surface area contributed by atoms with E-state index >= 15 is 0 Å². The zero-order valence-corrected chi connectivity index (χ0v) is 22.4. The van der Waals surface area contributed by atoms with E-state index in [1.807, 2.05) is 0 Å². The van der Waals surface area contributed by atoms with Crippen molar-refractivity contribution in [2.45, 2.75) is 39.4 Å². The van der Waals surface area contributed by atoms with Crippen LogP contribution in [0.1, 0.15) is 26.3 Å². The highest BCUT2D eigenvalue weighted by atomic mass is 32.2. The van der Waals surface area contributed by atoms with Crippen molar-refractivity contribution in [2.24, 2.45) is 0 Å². The Kier molecular flexibility index (Phi) is 9.83. The van der Waals surface area contributed by atoms with Gasteiger partial charge in [-0.2, -0.15) is 0 Å². The molecule has 0 aromatic heterocycles. The van der Waals surface area contributed by atoms with E-state index in [2.05, 4.69) is 5.32 Å². The number of rotatable bonds is 12. The standard InChI is InChI=1S/C24H32N4O8S/c1-16(2)25-24(30)17(3)26(14-18-7-10-20(35-4)11-8-18)23(29)15-27(37(6,33)34)21-13-19(28(31)32)9-12-22(21)36-5/h7-13,16-17H,14-15H2,1-6H3,(H,25,30)/t17-/m0/s1. The quantitative estimate of drug-likeness (QED) is 0.321. The van der Waals surface area contributed by atoms with Crippen LogP contribution in [0.25, 0.3) is 0 Å². The van der Waals surface area contributed by atoms with E-state index in [1.165, 1.54) is 38.2 Å². The van der Waals surface area contributed by atoms with Crippen molar-refractivity contribution < 1.29 is 32.4 Å². The monoisotopic (exact) mass is 536 g/mol. The third-order valence-electron chi connectivity index (χ3n) is 5.43. The lowest BCUT2D eigenvalue weighted by molar-refractivity contribution is -0.384. The molecule has 1 atom stereocenters. The average Bonchev–Trinajstić information content (AvgIpc) is 2.84. The highest BCUT2D eigenvalue weighted by Gasteiger charge is 2.32. The number of hydrogen-bond acceptors (Lipinski definition) is 8. The lowest BCUT2D eigenvalue weighted by Crippen LogP contribution is -2.52. The number of benzene rings is 2. The highest BCUT2D eigenvalue weighted by molar-refractivity contribution is 7.92. The third kappa shape index (κ3) is 7.81. The van der Waals surface area contributed by atoms with Crippen LogP contribution in [-0.4, -0.2) is 69.2 Å². The van der Waals surface area contributed by atoms with Gasteiger partial charge in [-0.15, -0.1) is 0 Å². The summed E-state index contributed by atoms with van der Waals surface area (Å²) in [7, 11) is -1.30. The Balaban J connectivity index is 2.51. The number of anilines is 1. The van der Waals surface area contributed by atoms with Gasteiger partial charge in [0.05, 0.1) is 25.4 Å². The fraction of sp³-hybridized carbons (Fsp3) is 0.417. The van der Waals surface area contributed by atoms with Gasteiger partial charge in [-0.25, -0.2) is 8.42 Å². The Labute approximate surface area is 216 Å². The molecule has 2 amide bonds. The number of amides is 2. The number of sulfonamides is 1. The minimum Gasteiger partial charge on any atom is -0.497 e. The van der Waals surface area contributed by atoms with Gasteiger partial charge in [0.25, 0.3) is 5.69 Å². The van der Waals surface area contributed by atoms with E-state index in [-0.39, 0.29) is 29.7 Å². The lowest BCUT2D eigenvalue weighted by Gasteiger charge is -2.32. The normalized spacial score (nSPS) is 12.0. The predicted octanol–water partition coefficient (Wildman–Crippen LogP) is 2.32. The topological polar surface area (TPSA) is 148 Å². The number of nitrogens with zero attached hydrogens (tertiary/aromatic N) is 3. The van der Waals surface area contributed by atoms with E-state index in [0.29, 0.717) is 11.3 Å². The summed E-state index contributed by atoms with van der Waals surface area (Å²) in [5.74, 6) is -0.485. The summed E-state index contributed by atoms with van der Waals surface area (Å²) in [4.78, 5) is 38.3. The molecule has 0 saturated heterocycles. The predicted molar refractivity (Wildman–Crippen MR) is 138 cm³/mol. The Morgan fingerprint density at radius 2 is 1.68 bits per heavy atom. The van der Waals surface area contributed by atoms with E-state index in [0.717, 1.165) is 16.6 Å². The van der Waals surface area contributed by atoms with Crippen LogP contribution in [-0.2, 0) is 26.2 Å². The molecule has 0 aliphatic carbocycles. The van der Waals surface area contributed by atoms with Gasteiger partial charge in [-0.05, 0) is 44.5 Å². The van der Waals surface area contributed by atoms with Crippen LogP contribution in [0.2, 0.25) is 0 Å². The molecule has 0 radical (unpaired) electrons. The number of nitro benzene ring substituents is 1. The first-order valence-electron chi connectivity index (χ1n) is 11.3. The minimum atomic E-state index is -4.10. The van der Waals surface area contributed by atoms with E-state index in [9.17, 15) is 28.1 Å². The molecule has 2 aromatic rings. The zero-order valence-electron chi connectivity index (χ0n) is 21.6. The lowest BCUT2D eigenvalue weighted by atomic mass is 10.1. The summed E-state index contributed by atoms with van der Waals surface area (Å²) in [6, 6.07) is 9.16. The van der Waals surface area contributed by atoms with Gasteiger partial charge in [-0.1, -0.05) is 12.1 Å². The molecule has 0 heterocycles. The SMILES string of the molecule is COc1ccc(CN(C(=O)CN(c2cc([N+](=O)[O-])ccc2OC)S(C)(=O)=O)[C@@H](C)C(=O)NC(C)C)cc1. The molecule has 0 fully saturated rings. The number of non-ortho nitro benzene ring substituents is 1. The van der Waals surface area contributed by atoms with Crippen molar-refractivity contribution in [2.75, 3.05) is 31.3 Å².